The summed E-state index contributed by atoms with van der Waals surface area (Å²) in [5.74, 6) is -7.22. The Morgan fingerprint density at radius 1 is 0.830 bits per heavy atom. The van der Waals surface area contributed by atoms with Crippen molar-refractivity contribution in [3.8, 4) is 0 Å². The first-order valence-electron chi connectivity index (χ1n) is 13.7. The van der Waals surface area contributed by atoms with Gasteiger partial charge in [0.25, 0.3) is 0 Å². The molecule has 0 unspecified atom stereocenters. The van der Waals surface area contributed by atoms with E-state index in [2.05, 4.69) is 15.4 Å². The van der Waals surface area contributed by atoms with E-state index in [0.29, 0.717) is 12.7 Å². The topological polar surface area (TPSA) is 211 Å². The van der Waals surface area contributed by atoms with Gasteiger partial charge in [-0.15, -0.1) is 0 Å². The first-order chi connectivity index (χ1) is 21.9. The molecular weight excluding hydrogens is 643 g/mol. The van der Waals surface area contributed by atoms with Crippen molar-refractivity contribution in [1.82, 2.24) is 16.0 Å². The number of rotatable bonds is 12. The number of alkyl carbamates (subject to hydrolysis) is 1. The third-order valence-corrected chi connectivity index (χ3v) is 6.39. The van der Waals surface area contributed by atoms with Gasteiger partial charge >= 0.3 is 36.1 Å². The molecule has 2 rings (SSSR count). The molecular formula is C28H34F3N3O13. The highest BCUT2D eigenvalue weighted by atomic mass is 19.4. The molecule has 16 nitrogen and oxygen atoms in total. The molecule has 0 spiro atoms. The van der Waals surface area contributed by atoms with Gasteiger partial charge < -0.3 is 39.1 Å². The van der Waals surface area contributed by atoms with E-state index < -0.39 is 104 Å². The van der Waals surface area contributed by atoms with Crippen LogP contribution in [0.25, 0.3) is 0 Å². The van der Waals surface area contributed by atoms with Crippen molar-refractivity contribution < 1.29 is 75.2 Å². The number of hydrogen-bond acceptors (Lipinski definition) is 13. The van der Waals surface area contributed by atoms with Crippen molar-refractivity contribution in [2.45, 2.75) is 83.0 Å². The van der Waals surface area contributed by atoms with Gasteiger partial charge in [0.2, 0.25) is 17.4 Å². The van der Waals surface area contributed by atoms with Crippen molar-refractivity contribution in [3.05, 3.63) is 35.9 Å². The third-order valence-electron chi connectivity index (χ3n) is 6.39. The summed E-state index contributed by atoms with van der Waals surface area (Å²) in [5.41, 5.74) is -3.60. The zero-order valence-electron chi connectivity index (χ0n) is 25.8. The summed E-state index contributed by atoms with van der Waals surface area (Å²) in [6, 6.07) is 6.20. The van der Waals surface area contributed by atoms with Gasteiger partial charge in [0.1, 0.15) is 25.4 Å². The molecule has 3 N–H and O–H groups in total. The van der Waals surface area contributed by atoms with Gasteiger partial charge in [0.05, 0.1) is 13.5 Å². The highest BCUT2D eigenvalue weighted by molar-refractivity contribution is 5.93. The minimum atomic E-state index is -5.65. The highest BCUT2D eigenvalue weighted by Gasteiger charge is 2.64. The lowest BCUT2D eigenvalue weighted by molar-refractivity contribution is -0.229. The maximum absolute atomic E-state index is 14.5. The molecule has 1 aliphatic heterocycles. The van der Waals surface area contributed by atoms with E-state index in [0.717, 1.165) is 27.7 Å². The van der Waals surface area contributed by atoms with E-state index in [4.69, 9.17) is 23.7 Å². The summed E-state index contributed by atoms with van der Waals surface area (Å²) in [6.07, 6.45) is -15.8. The summed E-state index contributed by atoms with van der Waals surface area (Å²) in [4.78, 5) is 85.9. The predicted molar refractivity (Wildman–Crippen MR) is 147 cm³/mol. The second-order valence-corrected chi connectivity index (χ2v) is 10.1. The molecule has 19 heteroatoms. The SMILES string of the molecule is COC(=O)[C@](CC(=O)N[C@@H]1O[C@H](COC(C)=O)[C@@H](OC(C)=O)[C@H](OC(C)=O)[C@H]1NC(C)=O)(NC(=O)OCc1ccccc1)C(F)(F)F. The van der Waals surface area contributed by atoms with Gasteiger partial charge in [-0.05, 0) is 5.56 Å². The van der Waals surface area contributed by atoms with E-state index in [-0.39, 0.29) is 0 Å². The summed E-state index contributed by atoms with van der Waals surface area (Å²) >= 11 is 0. The van der Waals surface area contributed by atoms with E-state index >= 15 is 0 Å². The zero-order valence-corrected chi connectivity index (χ0v) is 25.8. The van der Waals surface area contributed by atoms with Crippen LogP contribution >= 0.6 is 0 Å². The monoisotopic (exact) mass is 677 g/mol. The fourth-order valence-corrected chi connectivity index (χ4v) is 4.47. The Morgan fingerprint density at radius 2 is 1.43 bits per heavy atom. The minimum Gasteiger partial charge on any atom is -0.467 e. The first-order valence-corrected chi connectivity index (χ1v) is 13.7. The fourth-order valence-electron chi connectivity index (χ4n) is 4.47. The Kier molecular flexibility index (Phi) is 13.5. The third kappa shape index (κ3) is 10.8. The van der Waals surface area contributed by atoms with Crippen molar-refractivity contribution in [2.75, 3.05) is 13.7 Å². The number of methoxy groups -OCH3 is 1. The van der Waals surface area contributed by atoms with Gasteiger partial charge in [0.15, 0.2) is 18.4 Å². The van der Waals surface area contributed by atoms with Crippen LogP contribution in [0, 0.1) is 0 Å². The molecule has 0 radical (unpaired) electrons. The molecule has 3 amide bonds. The lowest BCUT2D eigenvalue weighted by atomic mass is 9.92. The molecule has 1 aromatic rings. The molecule has 47 heavy (non-hydrogen) atoms. The number of esters is 4. The molecule has 0 aromatic heterocycles. The van der Waals surface area contributed by atoms with Crippen LogP contribution in [0.3, 0.4) is 0 Å². The Morgan fingerprint density at radius 3 is 1.94 bits per heavy atom. The van der Waals surface area contributed by atoms with Crippen molar-refractivity contribution in [3.63, 3.8) is 0 Å². The first kappa shape index (κ1) is 38.2. The second kappa shape index (κ2) is 16.6. The molecule has 1 aromatic carbocycles. The molecule has 0 saturated carbocycles. The Bertz CT molecular complexity index is 1330. The van der Waals surface area contributed by atoms with E-state index in [1.54, 1.807) is 18.2 Å². The quantitative estimate of drug-likeness (QED) is 0.204. The lowest BCUT2D eigenvalue weighted by Crippen LogP contribution is -2.71. The van der Waals surface area contributed by atoms with Gasteiger partial charge in [0, 0.05) is 27.7 Å². The Balaban J connectivity index is 2.47. The van der Waals surface area contributed by atoms with Crippen LogP contribution in [0.4, 0.5) is 18.0 Å². The van der Waals surface area contributed by atoms with Crippen LogP contribution in [0.2, 0.25) is 0 Å². The molecule has 1 saturated heterocycles. The minimum absolute atomic E-state index is 0.396. The summed E-state index contributed by atoms with van der Waals surface area (Å²) < 4.78 is 73.9. The number of alkyl halides is 3. The maximum atomic E-state index is 14.5. The van der Waals surface area contributed by atoms with Gasteiger partial charge in [-0.2, -0.15) is 13.2 Å². The largest absolute Gasteiger partial charge is 0.467 e. The van der Waals surface area contributed by atoms with E-state index in [1.807, 2.05) is 0 Å². The number of carbonyl (C=O) groups is 7. The van der Waals surface area contributed by atoms with Crippen LogP contribution in [0.15, 0.2) is 30.3 Å². The average Bonchev–Trinajstić information content (AvgIpc) is 2.96. The number of benzene rings is 1. The number of hydrogen-bond donors (Lipinski definition) is 3. The number of halogens is 3. The van der Waals surface area contributed by atoms with Crippen LogP contribution in [0.1, 0.15) is 39.7 Å². The molecule has 6 atom stereocenters. The second-order valence-electron chi connectivity index (χ2n) is 10.1. The van der Waals surface area contributed by atoms with Gasteiger partial charge in [-0.3, -0.25) is 29.3 Å². The van der Waals surface area contributed by atoms with E-state index in [1.165, 1.54) is 17.4 Å². The number of ether oxygens (including phenoxy) is 6. The normalized spacial score (nSPS) is 21.9. The molecule has 0 aliphatic carbocycles. The predicted octanol–water partition coefficient (Wildman–Crippen LogP) is 0.549. The maximum Gasteiger partial charge on any atom is 0.423 e. The molecule has 1 fully saturated rings. The van der Waals surface area contributed by atoms with Crippen LogP contribution in [0.5, 0.6) is 0 Å². The van der Waals surface area contributed by atoms with Crippen molar-refractivity contribution >= 4 is 41.8 Å². The lowest BCUT2D eigenvalue weighted by Gasteiger charge is -2.45. The number of nitrogens with one attached hydrogen (secondary N) is 3. The van der Waals surface area contributed by atoms with Gasteiger partial charge in [-0.1, -0.05) is 30.3 Å². The van der Waals surface area contributed by atoms with Crippen molar-refractivity contribution in [2.24, 2.45) is 0 Å². The van der Waals surface area contributed by atoms with E-state index in [9.17, 15) is 46.7 Å². The fraction of sp³-hybridized carbons (Fsp3) is 0.536. The average molecular weight is 678 g/mol. The number of amides is 3. The molecule has 1 heterocycles. The summed E-state index contributed by atoms with van der Waals surface area (Å²) in [6.45, 7) is 2.80. The highest BCUT2D eigenvalue weighted by Crippen LogP contribution is 2.35. The molecule has 0 bridgehead atoms. The van der Waals surface area contributed by atoms with Crippen LogP contribution in [-0.4, -0.2) is 97.8 Å². The summed E-state index contributed by atoms with van der Waals surface area (Å²) in [7, 11) is 0.591. The standard InChI is InChI=1S/C28H34F3N3O13/c1-14(35)32-21-23(46-17(4)38)22(45-16(3)37)19(13-43-15(2)36)47-24(21)33-20(39)11-27(25(40)42-5,28(29,30)31)34-26(41)44-12-18-9-7-6-8-10-18/h6-10,19,21-24H,11-13H2,1-5H3,(H,32,35)(H,33,39)(H,34,41)/t19-,21-,22-,23-,24-,27+/m1/s1. The zero-order chi connectivity index (χ0) is 35.5. The van der Waals surface area contributed by atoms with Crippen LogP contribution < -0.4 is 16.0 Å². The number of carbonyl (C=O) groups excluding carboxylic acids is 7. The molecule has 1 aliphatic rings. The summed E-state index contributed by atoms with van der Waals surface area (Å²) in [5, 5.41) is 5.76. The van der Waals surface area contributed by atoms with Crippen molar-refractivity contribution in [1.29, 1.82) is 0 Å². The smallest absolute Gasteiger partial charge is 0.423 e. The van der Waals surface area contributed by atoms with Crippen LogP contribution in [-0.2, 0) is 63.8 Å². The Labute approximate surface area is 265 Å². The Hall–Kier alpha value is -4.94. The van der Waals surface area contributed by atoms with Gasteiger partial charge in [-0.25, -0.2) is 9.59 Å². The molecule has 260 valence electrons.